The van der Waals surface area contributed by atoms with Crippen LogP contribution in [0.1, 0.15) is 55.2 Å². The molecule has 114 valence electrons. The summed E-state index contributed by atoms with van der Waals surface area (Å²) >= 11 is 3.63. The number of nitrogens with zero attached hydrogens (tertiary/aromatic N) is 2. The molecular weight excluding hydrogens is 326 g/mol. The van der Waals surface area contributed by atoms with Gasteiger partial charge in [-0.3, -0.25) is 4.68 Å². The fourth-order valence-electron chi connectivity index (χ4n) is 2.52. The van der Waals surface area contributed by atoms with Gasteiger partial charge in [0.1, 0.15) is 0 Å². The highest BCUT2D eigenvalue weighted by molar-refractivity contribution is 9.10. The van der Waals surface area contributed by atoms with Crippen molar-refractivity contribution in [3.05, 3.63) is 51.3 Å². The van der Waals surface area contributed by atoms with Gasteiger partial charge in [-0.15, -0.1) is 0 Å². The number of hydrogen-bond acceptors (Lipinski definition) is 2. The molecule has 2 aromatic rings. The third-order valence-electron chi connectivity index (χ3n) is 3.90. The van der Waals surface area contributed by atoms with Gasteiger partial charge in [0, 0.05) is 19.0 Å². The fourth-order valence-corrected chi connectivity index (χ4v) is 2.96. The molecule has 1 aromatic heterocycles. The van der Waals surface area contributed by atoms with Crippen LogP contribution in [-0.2, 0) is 13.0 Å². The number of rotatable bonds is 5. The van der Waals surface area contributed by atoms with Gasteiger partial charge in [-0.1, -0.05) is 38.1 Å². The molecule has 0 saturated heterocycles. The minimum Gasteiger partial charge on any atom is -0.324 e. The van der Waals surface area contributed by atoms with Gasteiger partial charge >= 0.3 is 0 Å². The molecule has 0 bridgehead atoms. The van der Waals surface area contributed by atoms with Crippen LogP contribution in [0, 0.1) is 6.92 Å². The third-order valence-corrected chi connectivity index (χ3v) is 4.93. The van der Waals surface area contributed by atoms with E-state index in [4.69, 9.17) is 5.73 Å². The molecule has 1 heterocycles. The van der Waals surface area contributed by atoms with Gasteiger partial charge in [-0.2, -0.15) is 5.10 Å². The smallest absolute Gasteiger partial charge is 0.0738 e. The van der Waals surface area contributed by atoms with Crippen LogP contribution in [0.5, 0.6) is 0 Å². The zero-order valence-corrected chi connectivity index (χ0v) is 14.8. The van der Waals surface area contributed by atoms with Gasteiger partial charge in [0.15, 0.2) is 0 Å². The molecule has 1 aromatic carbocycles. The van der Waals surface area contributed by atoms with Gasteiger partial charge in [-0.05, 0) is 46.8 Å². The number of aryl methyl sites for hydroxylation is 2. The van der Waals surface area contributed by atoms with Gasteiger partial charge in [-0.25, -0.2) is 0 Å². The summed E-state index contributed by atoms with van der Waals surface area (Å²) in [7, 11) is 0. The van der Waals surface area contributed by atoms with E-state index in [9.17, 15) is 0 Å². The quantitative estimate of drug-likeness (QED) is 0.872. The largest absolute Gasteiger partial charge is 0.324 e. The first kappa shape index (κ1) is 16.2. The fraction of sp³-hybridized carbons (Fsp3) is 0.471. The van der Waals surface area contributed by atoms with Crippen molar-refractivity contribution in [3.8, 4) is 0 Å². The van der Waals surface area contributed by atoms with E-state index in [2.05, 4.69) is 66.1 Å². The minimum absolute atomic E-state index is 0.0103. The second-order valence-electron chi connectivity index (χ2n) is 5.79. The Labute approximate surface area is 135 Å². The summed E-state index contributed by atoms with van der Waals surface area (Å²) < 4.78 is 3.11. The van der Waals surface area contributed by atoms with Gasteiger partial charge < -0.3 is 5.73 Å². The predicted molar refractivity (Wildman–Crippen MR) is 91.5 cm³/mol. The molecule has 0 saturated carbocycles. The topological polar surface area (TPSA) is 43.8 Å². The van der Waals surface area contributed by atoms with Crippen LogP contribution in [0.25, 0.3) is 0 Å². The van der Waals surface area contributed by atoms with E-state index in [1.54, 1.807) is 0 Å². The van der Waals surface area contributed by atoms with E-state index in [0.717, 1.165) is 23.1 Å². The number of aromatic nitrogens is 2. The maximum Gasteiger partial charge on any atom is 0.0738 e. The van der Waals surface area contributed by atoms with Crippen LogP contribution in [-0.4, -0.2) is 9.78 Å². The second-order valence-corrected chi connectivity index (χ2v) is 6.59. The lowest BCUT2D eigenvalue weighted by molar-refractivity contribution is 0.586. The molecule has 2 N–H and O–H groups in total. The summed E-state index contributed by atoms with van der Waals surface area (Å²) in [6.45, 7) is 9.39. The Bertz CT molecular complexity index is 599. The molecule has 21 heavy (non-hydrogen) atoms. The highest BCUT2D eigenvalue weighted by Gasteiger charge is 2.16. The molecule has 0 fully saturated rings. The van der Waals surface area contributed by atoms with Gasteiger partial charge in [0.2, 0.25) is 0 Å². The zero-order valence-electron chi connectivity index (χ0n) is 13.2. The molecule has 1 unspecified atom stereocenters. The average Bonchev–Trinajstić information content (AvgIpc) is 2.75. The Morgan fingerprint density at radius 3 is 2.29 bits per heavy atom. The van der Waals surface area contributed by atoms with Crippen molar-refractivity contribution >= 4 is 15.9 Å². The van der Waals surface area contributed by atoms with Crippen molar-refractivity contribution in [2.24, 2.45) is 5.73 Å². The first-order valence-corrected chi connectivity index (χ1v) is 8.30. The molecule has 2 rings (SSSR count). The molecule has 0 aliphatic carbocycles. The number of hydrogen-bond donors (Lipinski definition) is 1. The van der Waals surface area contributed by atoms with E-state index in [0.29, 0.717) is 5.92 Å². The number of halogens is 1. The summed E-state index contributed by atoms with van der Waals surface area (Å²) in [6, 6.07) is 8.64. The van der Waals surface area contributed by atoms with Crippen molar-refractivity contribution in [3.63, 3.8) is 0 Å². The summed E-state index contributed by atoms with van der Waals surface area (Å²) in [6.07, 6.45) is 0.788. The van der Waals surface area contributed by atoms with Crippen molar-refractivity contribution in [2.45, 2.75) is 52.6 Å². The minimum atomic E-state index is -0.0103. The summed E-state index contributed by atoms with van der Waals surface area (Å²) in [5.41, 5.74) is 11.1. The van der Waals surface area contributed by atoms with Crippen LogP contribution in [0.2, 0.25) is 0 Å². The summed E-state index contributed by atoms with van der Waals surface area (Å²) in [5, 5.41) is 4.53. The predicted octanol–water partition coefficient (Wildman–Crippen LogP) is 4.34. The standard InChI is InChI=1S/C17H24BrN3/c1-5-21-16(17(18)12(4)20-21)10-15(19)14-8-6-13(7-9-14)11(2)3/h6-9,11,15H,5,10,19H2,1-4H3. The van der Waals surface area contributed by atoms with E-state index >= 15 is 0 Å². The lowest BCUT2D eigenvalue weighted by Gasteiger charge is -2.15. The van der Waals surface area contributed by atoms with Crippen molar-refractivity contribution in [2.75, 3.05) is 0 Å². The Morgan fingerprint density at radius 1 is 1.19 bits per heavy atom. The van der Waals surface area contributed by atoms with Crippen LogP contribution in [0.3, 0.4) is 0 Å². The number of nitrogens with two attached hydrogens (primary N) is 1. The number of benzene rings is 1. The summed E-state index contributed by atoms with van der Waals surface area (Å²) in [5.74, 6) is 0.550. The molecule has 0 aliphatic heterocycles. The highest BCUT2D eigenvalue weighted by atomic mass is 79.9. The van der Waals surface area contributed by atoms with Crippen LogP contribution >= 0.6 is 15.9 Å². The van der Waals surface area contributed by atoms with E-state index < -0.39 is 0 Å². The lowest BCUT2D eigenvalue weighted by atomic mass is 9.97. The maximum absolute atomic E-state index is 6.39. The zero-order chi connectivity index (χ0) is 15.6. The van der Waals surface area contributed by atoms with E-state index in [1.807, 2.05) is 11.6 Å². The molecule has 0 aliphatic rings. The van der Waals surface area contributed by atoms with Gasteiger partial charge in [0.05, 0.1) is 15.9 Å². The SMILES string of the molecule is CCn1nc(C)c(Br)c1CC(N)c1ccc(C(C)C)cc1. The molecule has 4 heteroatoms. The van der Waals surface area contributed by atoms with E-state index in [-0.39, 0.29) is 6.04 Å². The monoisotopic (exact) mass is 349 g/mol. The van der Waals surface area contributed by atoms with Crippen molar-refractivity contribution in [1.82, 2.24) is 9.78 Å². The Morgan fingerprint density at radius 2 is 1.76 bits per heavy atom. The molecular formula is C17H24BrN3. The van der Waals surface area contributed by atoms with Crippen LogP contribution < -0.4 is 5.73 Å². The lowest BCUT2D eigenvalue weighted by Crippen LogP contribution is -2.16. The Kier molecular flexibility index (Phi) is 5.22. The summed E-state index contributed by atoms with van der Waals surface area (Å²) in [4.78, 5) is 0. The van der Waals surface area contributed by atoms with E-state index in [1.165, 1.54) is 16.8 Å². The molecule has 0 amide bonds. The second kappa shape index (κ2) is 6.75. The molecule has 0 spiro atoms. The molecule has 1 atom stereocenters. The van der Waals surface area contributed by atoms with Gasteiger partial charge in [0.25, 0.3) is 0 Å². The first-order chi connectivity index (χ1) is 9.93. The maximum atomic E-state index is 6.39. The molecule has 0 radical (unpaired) electrons. The highest BCUT2D eigenvalue weighted by Crippen LogP contribution is 2.26. The first-order valence-electron chi connectivity index (χ1n) is 7.51. The van der Waals surface area contributed by atoms with Crippen LogP contribution in [0.4, 0.5) is 0 Å². The van der Waals surface area contributed by atoms with Crippen molar-refractivity contribution < 1.29 is 0 Å². The third kappa shape index (κ3) is 3.55. The van der Waals surface area contributed by atoms with Crippen molar-refractivity contribution in [1.29, 1.82) is 0 Å². The average molecular weight is 350 g/mol. The van der Waals surface area contributed by atoms with Crippen LogP contribution in [0.15, 0.2) is 28.7 Å². The Hall–Kier alpha value is -1.13. The molecule has 3 nitrogen and oxygen atoms in total. The Balaban J connectivity index is 2.19. The normalized spacial score (nSPS) is 12.9.